The van der Waals surface area contributed by atoms with Crippen molar-refractivity contribution in [3.63, 3.8) is 0 Å². The number of aliphatic carboxylic acids is 1. The van der Waals surface area contributed by atoms with E-state index < -0.39 is 11.4 Å². The molecule has 0 amide bonds. The molecular formula is C15H29NO3. The van der Waals surface area contributed by atoms with E-state index in [1.807, 2.05) is 0 Å². The zero-order chi connectivity index (χ0) is 14.3. The third kappa shape index (κ3) is 4.46. The SMILES string of the molecule is CCC(C)N(CCOC)CC1(C(=O)O)CCCCC1. The van der Waals surface area contributed by atoms with Crippen LogP contribution < -0.4 is 0 Å². The molecule has 1 aliphatic rings. The van der Waals surface area contributed by atoms with Gasteiger partial charge in [-0.05, 0) is 26.2 Å². The Bertz CT molecular complexity index is 275. The summed E-state index contributed by atoms with van der Waals surface area (Å²) in [5.74, 6) is -0.613. The summed E-state index contributed by atoms with van der Waals surface area (Å²) in [5, 5.41) is 9.66. The second-order valence-electron chi connectivity index (χ2n) is 5.87. The van der Waals surface area contributed by atoms with Crippen LogP contribution in [0.1, 0.15) is 52.4 Å². The Morgan fingerprint density at radius 3 is 2.47 bits per heavy atom. The summed E-state index contributed by atoms with van der Waals surface area (Å²) in [7, 11) is 1.70. The largest absolute Gasteiger partial charge is 0.481 e. The second-order valence-corrected chi connectivity index (χ2v) is 5.87. The molecule has 0 aromatic heterocycles. The molecule has 1 saturated carbocycles. The first kappa shape index (κ1) is 16.4. The molecule has 4 heteroatoms. The predicted octanol–water partition coefficient (Wildman–Crippen LogP) is 2.77. The lowest BCUT2D eigenvalue weighted by molar-refractivity contribution is -0.153. The molecule has 0 heterocycles. The number of rotatable bonds is 8. The highest BCUT2D eigenvalue weighted by molar-refractivity contribution is 5.75. The minimum atomic E-state index is -0.613. The molecule has 4 nitrogen and oxygen atoms in total. The Hall–Kier alpha value is -0.610. The Labute approximate surface area is 117 Å². The molecule has 1 unspecified atom stereocenters. The quantitative estimate of drug-likeness (QED) is 0.737. The van der Waals surface area contributed by atoms with Crippen molar-refractivity contribution >= 4 is 5.97 Å². The normalized spacial score (nSPS) is 20.4. The Morgan fingerprint density at radius 2 is 2.00 bits per heavy atom. The van der Waals surface area contributed by atoms with Gasteiger partial charge in [0.2, 0.25) is 0 Å². The first-order valence-electron chi connectivity index (χ1n) is 7.52. The number of nitrogens with zero attached hydrogens (tertiary/aromatic N) is 1. The van der Waals surface area contributed by atoms with Crippen molar-refractivity contribution in [3.05, 3.63) is 0 Å². The zero-order valence-electron chi connectivity index (χ0n) is 12.7. The highest BCUT2D eigenvalue weighted by atomic mass is 16.5. The monoisotopic (exact) mass is 271 g/mol. The molecule has 0 aliphatic heterocycles. The van der Waals surface area contributed by atoms with E-state index in [4.69, 9.17) is 4.74 Å². The first-order valence-corrected chi connectivity index (χ1v) is 7.52. The Kier molecular flexibility index (Phi) is 6.80. The van der Waals surface area contributed by atoms with Gasteiger partial charge in [-0.3, -0.25) is 9.69 Å². The van der Waals surface area contributed by atoms with Gasteiger partial charge in [0.1, 0.15) is 0 Å². The summed E-state index contributed by atoms with van der Waals surface area (Å²) in [5.41, 5.74) is -0.532. The maximum atomic E-state index is 11.7. The van der Waals surface area contributed by atoms with Gasteiger partial charge in [0, 0.05) is 26.2 Å². The van der Waals surface area contributed by atoms with E-state index in [-0.39, 0.29) is 0 Å². The van der Waals surface area contributed by atoms with Crippen LogP contribution in [0.3, 0.4) is 0 Å². The van der Waals surface area contributed by atoms with Crippen LogP contribution in [0.2, 0.25) is 0 Å². The third-order valence-electron chi connectivity index (χ3n) is 4.57. The summed E-state index contributed by atoms with van der Waals surface area (Å²) in [4.78, 5) is 14.0. The van der Waals surface area contributed by atoms with Gasteiger partial charge in [-0.2, -0.15) is 0 Å². The summed E-state index contributed by atoms with van der Waals surface area (Å²) in [6.45, 7) is 6.48. The van der Waals surface area contributed by atoms with Gasteiger partial charge >= 0.3 is 5.97 Å². The van der Waals surface area contributed by atoms with Gasteiger partial charge in [0.05, 0.1) is 12.0 Å². The van der Waals surface area contributed by atoms with Crippen LogP contribution in [0.5, 0.6) is 0 Å². The van der Waals surface area contributed by atoms with Gasteiger partial charge in [-0.15, -0.1) is 0 Å². The fraction of sp³-hybridized carbons (Fsp3) is 0.933. The van der Waals surface area contributed by atoms with Crippen molar-refractivity contribution in [1.82, 2.24) is 4.90 Å². The molecule has 1 N–H and O–H groups in total. The minimum Gasteiger partial charge on any atom is -0.481 e. The lowest BCUT2D eigenvalue weighted by Crippen LogP contribution is -2.48. The summed E-state index contributed by atoms with van der Waals surface area (Å²) in [6, 6.07) is 0.410. The van der Waals surface area contributed by atoms with Gasteiger partial charge in [-0.1, -0.05) is 26.2 Å². The maximum absolute atomic E-state index is 11.7. The molecule has 1 aliphatic carbocycles. The molecule has 1 fully saturated rings. The standard InChI is InChI=1S/C15H29NO3/c1-4-13(2)16(10-11-19-3)12-15(14(17)18)8-6-5-7-9-15/h13H,4-12H2,1-3H3,(H,17,18). The van der Waals surface area contributed by atoms with Crippen LogP contribution in [0.15, 0.2) is 0 Å². The van der Waals surface area contributed by atoms with Crippen LogP contribution in [-0.4, -0.2) is 48.8 Å². The van der Waals surface area contributed by atoms with Crippen molar-refractivity contribution in [2.45, 2.75) is 58.4 Å². The predicted molar refractivity (Wildman–Crippen MR) is 76.4 cm³/mol. The lowest BCUT2D eigenvalue weighted by Gasteiger charge is -2.40. The van der Waals surface area contributed by atoms with E-state index in [2.05, 4.69) is 18.7 Å². The molecule has 0 saturated heterocycles. The topological polar surface area (TPSA) is 49.8 Å². The van der Waals surface area contributed by atoms with Gasteiger partial charge in [0.25, 0.3) is 0 Å². The van der Waals surface area contributed by atoms with E-state index >= 15 is 0 Å². The zero-order valence-corrected chi connectivity index (χ0v) is 12.7. The molecule has 112 valence electrons. The summed E-state index contributed by atoms with van der Waals surface area (Å²) < 4.78 is 5.16. The Morgan fingerprint density at radius 1 is 1.37 bits per heavy atom. The molecular weight excluding hydrogens is 242 g/mol. The highest BCUT2D eigenvalue weighted by Gasteiger charge is 2.41. The number of hydrogen-bond acceptors (Lipinski definition) is 3. The third-order valence-corrected chi connectivity index (χ3v) is 4.57. The number of carbonyl (C=O) groups is 1. The highest BCUT2D eigenvalue weighted by Crippen LogP contribution is 2.37. The average molecular weight is 271 g/mol. The van der Waals surface area contributed by atoms with E-state index in [9.17, 15) is 9.90 Å². The number of methoxy groups -OCH3 is 1. The van der Waals surface area contributed by atoms with Crippen LogP contribution in [-0.2, 0) is 9.53 Å². The molecule has 0 spiro atoms. The maximum Gasteiger partial charge on any atom is 0.310 e. The molecule has 1 atom stereocenters. The summed E-state index contributed by atoms with van der Waals surface area (Å²) >= 11 is 0. The van der Waals surface area contributed by atoms with Crippen LogP contribution >= 0.6 is 0 Å². The van der Waals surface area contributed by atoms with E-state index in [1.54, 1.807) is 7.11 Å². The second kappa shape index (κ2) is 7.85. The first-order chi connectivity index (χ1) is 9.05. The number of carboxylic acid groups (broad SMARTS) is 1. The fourth-order valence-corrected chi connectivity index (χ4v) is 2.98. The molecule has 0 aromatic rings. The summed E-state index contributed by atoms with van der Waals surface area (Å²) in [6.07, 6.45) is 5.95. The van der Waals surface area contributed by atoms with Crippen molar-refractivity contribution in [2.75, 3.05) is 26.8 Å². The van der Waals surface area contributed by atoms with Crippen molar-refractivity contribution < 1.29 is 14.6 Å². The van der Waals surface area contributed by atoms with Gasteiger partial charge < -0.3 is 9.84 Å². The molecule has 19 heavy (non-hydrogen) atoms. The van der Waals surface area contributed by atoms with Crippen LogP contribution in [0, 0.1) is 5.41 Å². The molecule has 0 bridgehead atoms. The molecule has 1 rings (SSSR count). The minimum absolute atomic E-state index is 0.410. The van der Waals surface area contributed by atoms with Gasteiger partial charge in [-0.25, -0.2) is 0 Å². The van der Waals surface area contributed by atoms with Gasteiger partial charge in [0.15, 0.2) is 0 Å². The Balaban J connectivity index is 2.74. The number of carboxylic acids is 1. The smallest absolute Gasteiger partial charge is 0.310 e. The van der Waals surface area contributed by atoms with Crippen LogP contribution in [0.25, 0.3) is 0 Å². The van der Waals surface area contributed by atoms with E-state index in [0.29, 0.717) is 19.2 Å². The van der Waals surface area contributed by atoms with Crippen molar-refractivity contribution in [2.24, 2.45) is 5.41 Å². The van der Waals surface area contributed by atoms with E-state index in [1.165, 1.54) is 6.42 Å². The number of hydrogen-bond donors (Lipinski definition) is 1. The number of ether oxygens (including phenoxy) is 1. The fourth-order valence-electron chi connectivity index (χ4n) is 2.98. The van der Waals surface area contributed by atoms with Crippen LogP contribution in [0.4, 0.5) is 0 Å². The molecule has 0 aromatic carbocycles. The average Bonchev–Trinajstić information content (AvgIpc) is 2.43. The van der Waals surface area contributed by atoms with Crippen molar-refractivity contribution in [3.8, 4) is 0 Å². The molecule has 0 radical (unpaired) electrons. The lowest BCUT2D eigenvalue weighted by atomic mass is 9.73. The van der Waals surface area contributed by atoms with Crippen molar-refractivity contribution in [1.29, 1.82) is 0 Å². The van der Waals surface area contributed by atoms with E-state index in [0.717, 1.165) is 38.6 Å².